The predicted octanol–water partition coefficient (Wildman–Crippen LogP) is 2.55. The molecular formula is C17H18FN3O4S. The predicted molar refractivity (Wildman–Crippen MR) is 95.2 cm³/mol. The summed E-state index contributed by atoms with van der Waals surface area (Å²) >= 11 is 0. The van der Waals surface area contributed by atoms with Crippen molar-refractivity contribution < 1.29 is 17.7 Å². The van der Waals surface area contributed by atoms with Crippen LogP contribution in [0.3, 0.4) is 0 Å². The van der Waals surface area contributed by atoms with Gasteiger partial charge in [0.15, 0.2) is 0 Å². The molecule has 1 aliphatic heterocycles. The molecule has 0 N–H and O–H groups in total. The molecule has 1 heterocycles. The number of rotatable bonds is 4. The van der Waals surface area contributed by atoms with E-state index in [2.05, 4.69) is 0 Å². The van der Waals surface area contributed by atoms with Crippen molar-refractivity contribution in [3.63, 3.8) is 0 Å². The van der Waals surface area contributed by atoms with Crippen LogP contribution in [0.5, 0.6) is 0 Å². The monoisotopic (exact) mass is 379 g/mol. The molecule has 3 rings (SSSR count). The molecule has 138 valence electrons. The Bertz CT molecular complexity index is 924. The van der Waals surface area contributed by atoms with Crippen molar-refractivity contribution in [1.82, 2.24) is 4.31 Å². The van der Waals surface area contributed by atoms with Crippen molar-refractivity contribution in [1.29, 1.82) is 0 Å². The molecule has 1 saturated heterocycles. The second-order valence-electron chi connectivity index (χ2n) is 6.09. The van der Waals surface area contributed by atoms with Gasteiger partial charge in [0, 0.05) is 38.3 Å². The van der Waals surface area contributed by atoms with Gasteiger partial charge < -0.3 is 4.90 Å². The van der Waals surface area contributed by atoms with Crippen molar-refractivity contribution in [2.75, 3.05) is 31.1 Å². The number of hydrogen-bond donors (Lipinski definition) is 0. The van der Waals surface area contributed by atoms with Crippen molar-refractivity contribution in [2.24, 2.45) is 0 Å². The van der Waals surface area contributed by atoms with Crippen LogP contribution >= 0.6 is 0 Å². The number of benzene rings is 2. The average molecular weight is 379 g/mol. The highest BCUT2D eigenvalue weighted by atomic mass is 32.2. The van der Waals surface area contributed by atoms with Gasteiger partial charge in [-0.25, -0.2) is 12.8 Å². The Kier molecular flexibility index (Phi) is 4.92. The fourth-order valence-electron chi connectivity index (χ4n) is 2.93. The lowest BCUT2D eigenvalue weighted by atomic mass is 10.2. The normalized spacial score (nSPS) is 15.8. The number of piperazine rings is 1. The molecule has 0 aliphatic carbocycles. The molecule has 26 heavy (non-hydrogen) atoms. The van der Waals surface area contributed by atoms with Crippen molar-refractivity contribution in [2.45, 2.75) is 11.8 Å². The summed E-state index contributed by atoms with van der Waals surface area (Å²) in [6.45, 7) is 2.71. The number of nitrogens with zero attached hydrogens (tertiary/aromatic N) is 3. The van der Waals surface area contributed by atoms with Gasteiger partial charge in [-0.15, -0.1) is 0 Å². The van der Waals surface area contributed by atoms with E-state index in [1.165, 1.54) is 4.31 Å². The lowest BCUT2D eigenvalue weighted by molar-refractivity contribution is -0.384. The van der Waals surface area contributed by atoms with Crippen LogP contribution in [0.4, 0.5) is 15.8 Å². The Hall–Kier alpha value is -2.52. The fraction of sp³-hybridized carbons (Fsp3) is 0.294. The van der Waals surface area contributed by atoms with Gasteiger partial charge in [0.25, 0.3) is 5.69 Å². The summed E-state index contributed by atoms with van der Waals surface area (Å²) in [6, 6.07) is 9.88. The molecule has 0 unspecified atom stereocenters. The fourth-order valence-corrected chi connectivity index (χ4v) is 4.36. The van der Waals surface area contributed by atoms with Gasteiger partial charge >= 0.3 is 0 Å². The molecule has 0 spiro atoms. The molecular weight excluding hydrogens is 361 g/mol. The average Bonchev–Trinajstić information content (AvgIpc) is 2.62. The van der Waals surface area contributed by atoms with E-state index in [4.69, 9.17) is 0 Å². The first-order valence-corrected chi connectivity index (χ1v) is 9.49. The maximum absolute atomic E-state index is 13.5. The molecule has 0 bridgehead atoms. The number of aryl methyl sites for hydroxylation is 1. The van der Waals surface area contributed by atoms with Crippen LogP contribution in [-0.4, -0.2) is 43.8 Å². The maximum atomic E-state index is 13.5. The Morgan fingerprint density at radius 1 is 1.04 bits per heavy atom. The highest BCUT2D eigenvalue weighted by Crippen LogP contribution is 2.30. The van der Waals surface area contributed by atoms with Gasteiger partial charge in [0.2, 0.25) is 10.0 Å². The minimum atomic E-state index is -3.62. The second kappa shape index (κ2) is 7.00. The van der Waals surface area contributed by atoms with Crippen molar-refractivity contribution in [3.05, 3.63) is 64.0 Å². The molecule has 2 aromatic rings. The SMILES string of the molecule is Cc1ccc(S(=O)(=O)N2CCN(c3cc(F)ccc3[N+](=O)[O-])CC2)cc1. The van der Waals surface area contributed by atoms with Gasteiger partial charge in [-0.3, -0.25) is 10.1 Å². The van der Waals surface area contributed by atoms with E-state index >= 15 is 0 Å². The first-order valence-electron chi connectivity index (χ1n) is 8.05. The van der Waals surface area contributed by atoms with Gasteiger partial charge in [0.1, 0.15) is 11.5 Å². The summed E-state index contributed by atoms with van der Waals surface area (Å²) in [7, 11) is -3.62. The van der Waals surface area contributed by atoms with Crippen LogP contribution in [0.1, 0.15) is 5.56 Å². The zero-order valence-corrected chi connectivity index (χ0v) is 14.9. The minimum Gasteiger partial charge on any atom is -0.363 e. The Morgan fingerprint density at radius 3 is 2.23 bits per heavy atom. The van der Waals surface area contributed by atoms with Crippen molar-refractivity contribution in [3.8, 4) is 0 Å². The number of anilines is 1. The number of sulfonamides is 1. The Labute approximate surface area is 150 Å². The first-order chi connectivity index (χ1) is 12.3. The molecule has 1 fully saturated rings. The van der Waals surface area contributed by atoms with Crippen molar-refractivity contribution >= 4 is 21.4 Å². The maximum Gasteiger partial charge on any atom is 0.292 e. The largest absolute Gasteiger partial charge is 0.363 e. The lowest BCUT2D eigenvalue weighted by Gasteiger charge is -2.35. The zero-order valence-electron chi connectivity index (χ0n) is 14.1. The summed E-state index contributed by atoms with van der Waals surface area (Å²) in [6.07, 6.45) is 0. The summed E-state index contributed by atoms with van der Waals surface area (Å²) in [4.78, 5) is 12.5. The van der Waals surface area contributed by atoms with Gasteiger partial charge in [-0.05, 0) is 25.1 Å². The highest BCUT2D eigenvalue weighted by molar-refractivity contribution is 7.89. The van der Waals surface area contributed by atoms with Crippen LogP contribution in [-0.2, 0) is 10.0 Å². The van der Waals surface area contributed by atoms with E-state index < -0.39 is 20.8 Å². The minimum absolute atomic E-state index is 0.169. The number of nitro groups is 1. The van der Waals surface area contributed by atoms with Gasteiger partial charge in [-0.1, -0.05) is 17.7 Å². The van der Waals surface area contributed by atoms with E-state index in [1.807, 2.05) is 6.92 Å². The summed E-state index contributed by atoms with van der Waals surface area (Å²) < 4.78 is 40.3. The van der Waals surface area contributed by atoms with Gasteiger partial charge in [-0.2, -0.15) is 4.31 Å². The Balaban J connectivity index is 1.78. The quantitative estimate of drug-likeness (QED) is 0.602. The Morgan fingerprint density at radius 2 is 1.65 bits per heavy atom. The smallest absolute Gasteiger partial charge is 0.292 e. The molecule has 1 aliphatic rings. The van der Waals surface area contributed by atoms with E-state index in [0.29, 0.717) is 0 Å². The van der Waals surface area contributed by atoms with Crippen LogP contribution in [0, 0.1) is 22.9 Å². The number of hydrogen-bond acceptors (Lipinski definition) is 5. The number of nitro benzene ring substituents is 1. The van der Waals surface area contributed by atoms with E-state index in [-0.39, 0.29) is 42.4 Å². The molecule has 2 aromatic carbocycles. The number of halogens is 1. The zero-order chi connectivity index (χ0) is 18.9. The molecule has 0 aromatic heterocycles. The van der Waals surface area contributed by atoms with Crippen LogP contribution in [0.25, 0.3) is 0 Å². The standard InChI is InChI=1S/C17H18FN3O4S/c1-13-2-5-15(6-3-13)26(24,25)20-10-8-19(9-11-20)17-12-14(18)4-7-16(17)21(22)23/h2-7,12H,8-11H2,1H3. The molecule has 0 radical (unpaired) electrons. The van der Waals surface area contributed by atoms with E-state index in [9.17, 15) is 22.9 Å². The van der Waals surface area contributed by atoms with E-state index in [1.54, 1.807) is 29.2 Å². The third-order valence-corrected chi connectivity index (χ3v) is 6.29. The molecule has 7 nitrogen and oxygen atoms in total. The lowest BCUT2D eigenvalue weighted by Crippen LogP contribution is -2.48. The summed E-state index contributed by atoms with van der Waals surface area (Å²) in [5, 5.41) is 11.2. The van der Waals surface area contributed by atoms with E-state index in [0.717, 1.165) is 23.8 Å². The highest BCUT2D eigenvalue weighted by Gasteiger charge is 2.30. The van der Waals surface area contributed by atoms with Gasteiger partial charge in [0.05, 0.1) is 9.82 Å². The molecule has 9 heteroatoms. The summed E-state index contributed by atoms with van der Waals surface area (Å²) in [5.74, 6) is -0.569. The second-order valence-corrected chi connectivity index (χ2v) is 8.03. The van der Waals surface area contributed by atoms with Crippen LogP contribution < -0.4 is 4.90 Å². The topological polar surface area (TPSA) is 83.8 Å². The third-order valence-electron chi connectivity index (χ3n) is 4.37. The first kappa shape index (κ1) is 18.3. The molecule has 0 atom stereocenters. The van der Waals surface area contributed by atoms with Crippen LogP contribution in [0.2, 0.25) is 0 Å². The molecule has 0 saturated carbocycles. The third kappa shape index (κ3) is 3.54. The van der Waals surface area contributed by atoms with Crippen LogP contribution in [0.15, 0.2) is 47.4 Å². The summed E-state index contributed by atoms with van der Waals surface area (Å²) in [5.41, 5.74) is 0.941. The molecule has 0 amide bonds.